The van der Waals surface area contributed by atoms with Gasteiger partial charge in [0.15, 0.2) is 0 Å². The van der Waals surface area contributed by atoms with E-state index in [9.17, 15) is 4.79 Å². The third-order valence-electron chi connectivity index (χ3n) is 4.88. The summed E-state index contributed by atoms with van der Waals surface area (Å²) in [4.78, 5) is 14.5. The minimum absolute atomic E-state index is 0.225. The Morgan fingerprint density at radius 1 is 1.14 bits per heavy atom. The molecular formula is C19H25NO2. The summed E-state index contributed by atoms with van der Waals surface area (Å²) in [5, 5.41) is 0. The Balaban J connectivity index is 1.49. The van der Waals surface area contributed by atoms with E-state index in [2.05, 4.69) is 4.90 Å². The summed E-state index contributed by atoms with van der Waals surface area (Å²) in [6.45, 7) is 3.02. The van der Waals surface area contributed by atoms with E-state index in [0.717, 1.165) is 5.56 Å². The lowest BCUT2D eigenvalue weighted by Crippen LogP contribution is -2.49. The lowest BCUT2D eigenvalue weighted by Gasteiger charge is -2.44. The fourth-order valence-electron chi connectivity index (χ4n) is 3.74. The maximum absolute atomic E-state index is 11.9. The largest absolute Gasteiger partial charge is 0.462 e. The predicted octanol–water partition coefficient (Wildman–Crippen LogP) is 3.51. The van der Waals surface area contributed by atoms with Gasteiger partial charge in [0.2, 0.25) is 0 Å². The minimum atomic E-state index is -0.225. The Bertz CT molecular complexity index is 509. The lowest BCUT2D eigenvalue weighted by molar-refractivity contribution is -0.140. The molecular weight excluding hydrogens is 274 g/mol. The summed E-state index contributed by atoms with van der Waals surface area (Å²) in [5.74, 6) is 0.292. The summed E-state index contributed by atoms with van der Waals surface area (Å²) in [6, 6.07) is 10.5. The quantitative estimate of drug-likeness (QED) is 0.629. The molecule has 1 aromatic carbocycles. The van der Waals surface area contributed by atoms with E-state index in [1.54, 1.807) is 0 Å². The minimum Gasteiger partial charge on any atom is -0.462 e. The molecule has 2 aliphatic rings. The molecule has 0 bridgehead atoms. The van der Waals surface area contributed by atoms with Crippen molar-refractivity contribution >= 4 is 12.0 Å². The zero-order chi connectivity index (χ0) is 15.2. The molecule has 0 N–H and O–H groups in total. The molecule has 0 amide bonds. The van der Waals surface area contributed by atoms with Crippen LogP contribution in [0.1, 0.15) is 37.7 Å². The van der Waals surface area contributed by atoms with Crippen LogP contribution in [0.2, 0.25) is 0 Å². The number of ether oxygens (including phenoxy) is 1. The normalized spacial score (nSPS) is 25.8. The molecule has 2 atom stereocenters. The highest BCUT2D eigenvalue weighted by atomic mass is 16.5. The second kappa shape index (κ2) is 7.59. The number of nitrogens with zero attached hydrogens (tertiary/aromatic N) is 1. The molecule has 22 heavy (non-hydrogen) atoms. The van der Waals surface area contributed by atoms with Crippen LogP contribution in [0.5, 0.6) is 0 Å². The number of fused-ring (bicyclic) bond motifs is 1. The average Bonchev–Trinajstić information content (AvgIpc) is 2.59. The van der Waals surface area contributed by atoms with Gasteiger partial charge in [-0.15, -0.1) is 0 Å². The number of hydrogen-bond acceptors (Lipinski definition) is 3. The van der Waals surface area contributed by atoms with Gasteiger partial charge >= 0.3 is 5.97 Å². The van der Waals surface area contributed by atoms with Gasteiger partial charge in [0, 0.05) is 18.0 Å². The van der Waals surface area contributed by atoms with Gasteiger partial charge in [-0.1, -0.05) is 36.8 Å². The molecule has 2 heterocycles. The van der Waals surface area contributed by atoms with Crippen molar-refractivity contribution in [2.45, 2.75) is 38.1 Å². The molecule has 3 nitrogen and oxygen atoms in total. The standard InChI is InChI=1S/C19H25NO2/c21-19(12-11-16-7-2-1-3-8-16)22-15-17-9-6-14-20-13-5-4-10-18(17)20/h1-3,7-8,11-12,17-18H,4-6,9-10,13-15H2. The highest BCUT2D eigenvalue weighted by molar-refractivity contribution is 5.87. The number of hydrogen-bond donors (Lipinski definition) is 0. The second-order valence-corrected chi connectivity index (χ2v) is 6.38. The van der Waals surface area contributed by atoms with Crippen molar-refractivity contribution in [3.63, 3.8) is 0 Å². The first-order valence-electron chi connectivity index (χ1n) is 8.47. The van der Waals surface area contributed by atoms with Gasteiger partial charge in [0.25, 0.3) is 0 Å². The fourth-order valence-corrected chi connectivity index (χ4v) is 3.74. The van der Waals surface area contributed by atoms with Crippen LogP contribution >= 0.6 is 0 Å². The molecule has 0 radical (unpaired) electrons. The summed E-state index contributed by atoms with van der Waals surface area (Å²) < 4.78 is 5.50. The zero-order valence-electron chi connectivity index (χ0n) is 13.1. The summed E-state index contributed by atoms with van der Waals surface area (Å²) in [6.07, 6.45) is 9.69. The molecule has 2 saturated heterocycles. The van der Waals surface area contributed by atoms with Crippen molar-refractivity contribution in [2.24, 2.45) is 5.92 Å². The van der Waals surface area contributed by atoms with Gasteiger partial charge < -0.3 is 4.74 Å². The van der Waals surface area contributed by atoms with E-state index in [1.165, 1.54) is 51.3 Å². The first kappa shape index (κ1) is 15.3. The number of esters is 1. The summed E-state index contributed by atoms with van der Waals surface area (Å²) in [7, 11) is 0. The topological polar surface area (TPSA) is 29.5 Å². The highest BCUT2D eigenvalue weighted by Gasteiger charge is 2.33. The van der Waals surface area contributed by atoms with Gasteiger partial charge in [0.1, 0.15) is 0 Å². The maximum atomic E-state index is 11.9. The van der Waals surface area contributed by atoms with Gasteiger partial charge in [-0.3, -0.25) is 4.90 Å². The van der Waals surface area contributed by atoms with E-state index in [0.29, 0.717) is 18.6 Å². The fraction of sp³-hybridized carbons (Fsp3) is 0.526. The molecule has 3 rings (SSSR count). The maximum Gasteiger partial charge on any atom is 0.330 e. The molecule has 118 valence electrons. The van der Waals surface area contributed by atoms with Crippen molar-refractivity contribution < 1.29 is 9.53 Å². The molecule has 2 aliphatic heterocycles. The Hall–Kier alpha value is -1.61. The van der Waals surface area contributed by atoms with E-state index >= 15 is 0 Å². The van der Waals surface area contributed by atoms with E-state index in [4.69, 9.17) is 4.74 Å². The van der Waals surface area contributed by atoms with Gasteiger partial charge in [-0.05, 0) is 50.4 Å². The third-order valence-corrected chi connectivity index (χ3v) is 4.88. The van der Waals surface area contributed by atoms with Crippen LogP contribution in [0.25, 0.3) is 6.08 Å². The average molecular weight is 299 g/mol. The third kappa shape index (κ3) is 3.98. The summed E-state index contributed by atoms with van der Waals surface area (Å²) in [5.41, 5.74) is 1.02. The van der Waals surface area contributed by atoms with Crippen LogP contribution in [0.3, 0.4) is 0 Å². The van der Waals surface area contributed by atoms with Gasteiger partial charge in [0.05, 0.1) is 6.61 Å². The molecule has 0 aliphatic carbocycles. The lowest BCUT2D eigenvalue weighted by atomic mass is 9.84. The second-order valence-electron chi connectivity index (χ2n) is 6.38. The number of carbonyl (C=O) groups excluding carboxylic acids is 1. The highest BCUT2D eigenvalue weighted by Crippen LogP contribution is 2.30. The Morgan fingerprint density at radius 2 is 1.95 bits per heavy atom. The molecule has 3 heteroatoms. The van der Waals surface area contributed by atoms with Crippen molar-refractivity contribution in [2.75, 3.05) is 19.7 Å². The van der Waals surface area contributed by atoms with Crippen LogP contribution in [0.4, 0.5) is 0 Å². The smallest absolute Gasteiger partial charge is 0.330 e. The molecule has 2 unspecified atom stereocenters. The van der Waals surface area contributed by atoms with Crippen molar-refractivity contribution in [3.05, 3.63) is 42.0 Å². The first-order chi connectivity index (χ1) is 10.8. The Labute approximate surface area is 133 Å². The first-order valence-corrected chi connectivity index (χ1v) is 8.47. The molecule has 0 saturated carbocycles. The zero-order valence-corrected chi connectivity index (χ0v) is 13.1. The van der Waals surface area contributed by atoms with E-state index < -0.39 is 0 Å². The SMILES string of the molecule is O=C(C=Cc1ccccc1)OCC1CCCN2CCCCC12. The number of carbonyl (C=O) groups is 1. The van der Waals surface area contributed by atoms with Crippen molar-refractivity contribution in [1.29, 1.82) is 0 Å². The molecule has 1 aromatic rings. The predicted molar refractivity (Wildman–Crippen MR) is 88.4 cm³/mol. The molecule has 2 fully saturated rings. The van der Waals surface area contributed by atoms with E-state index in [1.807, 2.05) is 36.4 Å². The summed E-state index contributed by atoms with van der Waals surface area (Å²) >= 11 is 0. The van der Waals surface area contributed by atoms with Crippen molar-refractivity contribution in [3.8, 4) is 0 Å². The Morgan fingerprint density at radius 3 is 2.82 bits per heavy atom. The van der Waals surface area contributed by atoms with Crippen molar-refractivity contribution in [1.82, 2.24) is 4.90 Å². The van der Waals surface area contributed by atoms with Crippen LogP contribution in [0.15, 0.2) is 36.4 Å². The van der Waals surface area contributed by atoms with Crippen LogP contribution in [-0.4, -0.2) is 36.6 Å². The van der Waals surface area contributed by atoms with Crippen LogP contribution in [-0.2, 0) is 9.53 Å². The van der Waals surface area contributed by atoms with Crippen LogP contribution < -0.4 is 0 Å². The van der Waals surface area contributed by atoms with Gasteiger partial charge in [-0.2, -0.15) is 0 Å². The van der Waals surface area contributed by atoms with E-state index in [-0.39, 0.29) is 5.97 Å². The Kier molecular flexibility index (Phi) is 5.28. The number of benzene rings is 1. The molecule has 0 spiro atoms. The van der Waals surface area contributed by atoms with Crippen LogP contribution in [0, 0.1) is 5.92 Å². The molecule has 0 aromatic heterocycles. The number of rotatable bonds is 4. The monoisotopic (exact) mass is 299 g/mol. The van der Waals surface area contributed by atoms with Gasteiger partial charge in [-0.25, -0.2) is 4.79 Å². The number of piperidine rings is 2.